The van der Waals surface area contributed by atoms with Crippen LogP contribution in [0.25, 0.3) is 55.1 Å². The summed E-state index contributed by atoms with van der Waals surface area (Å²) in [5, 5.41) is 4.98. The van der Waals surface area contributed by atoms with Gasteiger partial charge in [-0.3, -0.25) is 4.57 Å². The minimum atomic E-state index is 0.124. The molecule has 0 N–H and O–H groups in total. The monoisotopic (exact) mass is 576 g/mol. The fourth-order valence-corrected chi connectivity index (χ4v) is 7.81. The number of para-hydroxylation sites is 4. The smallest absolute Gasteiger partial charge is 0.140 e. The van der Waals surface area contributed by atoms with Crippen molar-refractivity contribution in [3.63, 3.8) is 0 Å². The summed E-state index contributed by atoms with van der Waals surface area (Å²) in [6.45, 7) is 0. The molecule has 0 bridgehead atoms. The summed E-state index contributed by atoms with van der Waals surface area (Å²) in [5.74, 6) is 2.09. The molecule has 8 aromatic rings. The molecular weight excluding hydrogens is 548 g/mol. The molecule has 2 aliphatic rings. The van der Waals surface area contributed by atoms with E-state index in [-0.39, 0.29) is 12.0 Å². The van der Waals surface area contributed by atoms with Gasteiger partial charge in [-0.25, -0.2) is 4.98 Å². The molecule has 2 unspecified atom stereocenters. The van der Waals surface area contributed by atoms with Crippen molar-refractivity contribution in [1.29, 1.82) is 0 Å². The number of anilines is 2. The molecule has 4 nitrogen and oxygen atoms in total. The van der Waals surface area contributed by atoms with Gasteiger partial charge in [0.15, 0.2) is 0 Å². The molecule has 212 valence electrons. The summed E-state index contributed by atoms with van der Waals surface area (Å²) in [5.41, 5.74) is 8.47. The molecule has 5 aromatic carbocycles. The molecule has 1 aliphatic heterocycles. The van der Waals surface area contributed by atoms with Gasteiger partial charge in [-0.1, -0.05) is 115 Å². The highest BCUT2D eigenvalue weighted by Gasteiger charge is 2.40. The van der Waals surface area contributed by atoms with Gasteiger partial charge in [-0.05, 0) is 48.0 Å². The van der Waals surface area contributed by atoms with E-state index in [4.69, 9.17) is 4.98 Å². The Kier molecular flexibility index (Phi) is 5.08. The van der Waals surface area contributed by atoms with Crippen molar-refractivity contribution in [1.82, 2.24) is 14.1 Å². The van der Waals surface area contributed by atoms with Crippen LogP contribution < -0.4 is 4.90 Å². The average Bonchev–Trinajstić information content (AvgIpc) is 3.75. The lowest BCUT2D eigenvalue weighted by atomic mass is 9.91. The highest BCUT2D eigenvalue weighted by Crippen LogP contribution is 2.52. The highest BCUT2D eigenvalue weighted by atomic mass is 15.3. The van der Waals surface area contributed by atoms with Gasteiger partial charge in [0.05, 0.1) is 33.8 Å². The Labute approximate surface area is 260 Å². The van der Waals surface area contributed by atoms with E-state index in [2.05, 4.69) is 172 Å². The van der Waals surface area contributed by atoms with E-state index in [1.165, 1.54) is 43.8 Å². The third kappa shape index (κ3) is 3.39. The molecule has 10 rings (SSSR count). The summed E-state index contributed by atoms with van der Waals surface area (Å²) in [6.07, 6.45) is 9.05. The van der Waals surface area contributed by atoms with Crippen LogP contribution in [-0.2, 0) is 0 Å². The predicted molar refractivity (Wildman–Crippen MR) is 186 cm³/mol. The van der Waals surface area contributed by atoms with Gasteiger partial charge in [0.25, 0.3) is 0 Å². The summed E-state index contributed by atoms with van der Waals surface area (Å²) in [4.78, 5) is 7.96. The molecule has 0 radical (unpaired) electrons. The number of benzene rings is 5. The third-order valence-corrected chi connectivity index (χ3v) is 9.64. The highest BCUT2D eigenvalue weighted by molar-refractivity contribution is 6.15. The summed E-state index contributed by atoms with van der Waals surface area (Å²) < 4.78 is 4.75. The third-order valence-electron chi connectivity index (χ3n) is 9.64. The fourth-order valence-electron chi connectivity index (χ4n) is 7.81. The number of fused-ring (bicyclic) bond motifs is 10. The lowest BCUT2D eigenvalue weighted by molar-refractivity contribution is 0.737. The first-order valence-electron chi connectivity index (χ1n) is 15.6. The van der Waals surface area contributed by atoms with Crippen molar-refractivity contribution in [3.8, 4) is 11.5 Å². The maximum atomic E-state index is 5.47. The Balaban J connectivity index is 1.27. The van der Waals surface area contributed by atoms with Crippen LogP contribution in [0.3, 0.4) is 0 Å². The predicted octanol–water partition coefficient (Wildman–Crippen LogP) is 10.0. The summed E-state index contributed by atoms with van der Waals surface area (Å²) >= 11 is 0. The summed E-state index contributed by atoms with van der Waals surface area (Å²) in [6, 6.07) is 48.0. The zero-order valence-electron chi connectivity index (χ0n) is 24.5. The molecule has 2 atom stereocenters. The Morgan fingerprint density at radius 2 is 1.07 bits per heavy atom. The lowest BCUT2D eigenvalue weighted by Gasteiger charge is -2.28. The normalized spacial score (nSPS) is 17.1. The molecule has 0 saturated heterocycles. The molecule has 4 heteroatoms. The van der Waals surface area contributed by atoms with Crippen LogP contribution in [-0.4, -0.2) is 20.2 Å². The fraction of sp³-hybridized carbons (Fsp3) is 0.0488. The average molecular weight is 577 g/mol. The Bertz CT molecular complexity index is 2460. The Hall–Kier alpha value is -5.87. The van der Waals surface area contributed by atoms with E-state index in [1.807, 2.05) is 0 Å². The van der Waals surface area contributed by atoms with Gasteiger partial charge in [0.2, 0.25) is 0 Å². The van der Waals surface area contributed by atoms with E-state index >= 15 is 0 Å². The number of nitrogens with zero attached hydrogens (tertiary/aromatic N) is 4. The van der Waals surface area contributed by atoms with E-state index in [9.17, 15) is 0 Å². The molecule has 0 amide bonds. The van der Waals surface area contributed by atoms with Crippen LogP contribution >= 0.6 is 0 Å². The SMILES string of the molecule is C1=CC2c3ccc4c5ccccc5n(-c5ccccc5)c4c3N(c3cccc(-n4c5ccccc5c5ccccc54)n3)C2C=C1. The first-order valence-corrected chi connectivity index (χ1v) is 15.6. The molecule has 0 spiro atoms. The largest absolute Gasteiger partial charge is 0.316 e. The zero-order chi connectivity index (χ0) is 29.5. The van der Waals surface area contributed by atoms with Gasteiger partial charge in [-0.15, -0.1) is 0 Å². The Morgan fingerprint density at radius 1 is 0.467 bits per heavy atom. The minimum absolute atomic E-state index is 0.124. The van der Waals surface area contributed by atoms with Crippen LogP contribution in [0, 0.1) is 0 Å². The number of rotatable bonds is 3. The van der Waals surface area contributed by atoms with Gasteiger partial charge < -0.3 is 9.47 Å². The number of aromatic nitrogens is 3. The second-order valence-corrected chi connectivity index (χ2v) is 12.0. The molecule has 1 aliphatic carbocycles. The van der Waals surface area contributed by atoms with Crippen LogP contribution in [0.1, 0.15) is 11.5 Å². The van der Waals surface area contributed by atoms with Crippen molar-refractivity contribution < 1.29 is 0 Å². The second kappa shape index (κ2) is 9.31. The minimum Gasteiger partial charge on any atom is -0.316 e. The number of hydrogen-bond acceptors (Lipinski definition) is 2. The second-order valence-electron chi connectivity index (χ2n) is 12.0. The quantitative estimate of drug-likeness (QED) is 0.209. The van der Waals surface area contributed by atoms with Crippen molar-refractivity contribution in [2.45, 2.75) is 12.0 Å². The van der Waals surface area contributed by atoms with E-state index in [1.54, 1.807) is 0 Å². The molecule has 3 aromatic heterocycles. The van der Waals surface area contributed by atoms with Crippen molar-refractivity contribution >= 4 is 55.1 Å². The van der Waals surface area contributed by atoms with Crippen LogP contribution in [0.2, 0.25) is 0 Å². The standard InChI is InChI=1S/C41H28N4/c1-2-13-27(14-3-1)43-34-19-8-6-17-30(34)32-25-26-33-31-18-7-11-22-37(31)45(41(33)40(32)43)39-24-12-23-38(42-39)44-35-20-9-4-15-28(35)29-16-5-10-21-36(29)44/h1-26,31,37H. The van der Waals surface area contributed by atoms with E-state index in [0.717, 1.165) is 28.4 Å². The Morgan fingerprint density at radius 3 is 1.80 bits per heavy atom. The molecule has 0 fully saturated rings. The number of hydrogen-bond donors (Lipinski definition) is 0. The van der Waals surface area contributed by atoms with E-state index < -0.39 is 0 Å². The van der Waals surface area contributed by atoms with Crippen molar-refractivity contribution in [2.24, 2.45) is 0 Å². The van der Waals surface area contributed by atoms with Gasteiger partial charge in [-0.2, -0.15) is 0 Å². The van der Waals surface area contributed by atoms with Crippen LogP contribution in [0.15, 0.2) is 158 Å². The van der Waals surface area contributed by atoms with Gasteiger partial charge in [0.1, 0.15) is 11.6 Å². The molecule has 0 saturated carbocycles. The van der Waals surface area contributed by atoms with Crippen LogP contribution in [0.5, 0.6) is 0 Å². The van der Waals surface area contributed by atoms with E-state index in [0.29, 0.717) is 0 Å². The van der Waals surface area contributed by atoms with Crippen molar-refractivity contribution in [2.75, 3.05) is 4.90 Å². The van der Waals surface area contributed by atoms with Crippen molar-refractivity contribution in [3.05, 3.63) is 163 Å². The topological polar surface area (TPSA) is 26.0 Å². The van der Waals surface area contributed by atoms with Crippen LogP contribution in [0.4, 0.5) is 11.5 Å². The number of pyridine rings is 1. The van der Waals surface area contributed by atoms with Gasteiger partial charge in [0, 0.05) is 33.2 Å². The maximum Gasteiger partial charge on any atom is 0.140 e. The zero-order valence-corrected chi connectivity index (χ0v) is 24.5. The molecular formula is C41H28N4. The summed E-state index contributed by atoms with van der Waals surface area (Å²) in [7, 11) is 0. The number of allylic oxidation sites excluding steroid dienone is 2. The molecule has 45 heavy (non-hydrogen) atoms. The molecule has 4 heterocycles. The first kappa shape index (κ1) is 24.6. The van der Waals surface area contributed by atoms with Gasteiger partial charge >= 0.3 is 0 Å². The first-order chi connectivity index (χ1) is 22.4. The lowest BCUT2D eigenvalue weighted by Crippen LogP contribution is -2.29. The maximum absolute atomic E-state index is 5.47.